The molecule has 7 heteroatoms. The number of benzene rings is 2. The highest BCUT2D eigenvalue weighted by atomic mass is 35.5. The summed E-state index contributed by atoms with van der Waals surface area (Å²) in [7, 11) is 3.26. The third-order valence-electron chi connectivity index (χ3n) is 3.93. The Morgan fingerprint density at radius 2 is 1.92 bits per heavy atom. The van der Waals surface area contributed by atoms with Crippen LogP contribution in [0.4, 0.5) is 0 Å². The van der Waals surface area contributed by atoms with Crippen molar-refractivity contribution in [2.75, 3.05) is 20.8 Å². The van der Waals surface area contributed by atoms with E-state index in [2.05, 4.69) is 4.98 Å². The van der Waals surface area contributed by atoms with E-state index in [4.69, 9.17) is 21.1 Å². The molecule has 0 aliphatic heterocycles. The summed E-state index contributed by atoms with van der Waals surface area (Å²) in [6.07, 6.45) is 0. The Bertz CT molecular complexity index is 957. The molecular weight excluding hydrogens is 372 g/mol. The molecule has 0 atom stereocenters. The molecule has 26 heavy (non-hydrogen) atoms. The summed E-state index contributed by atoms with van der Waals surface area (Å²) < 4.78 is 12.0. The van der Waals surface area contributed by atoms with Crippen molar-refractivity contribution in [1.29, 1.82) is 0 Å². The summed E-state index contributed by atoms with van der Waals surface area (Å²) >= 11 is 7.57. The zero-order valence-corrected chi connectivity index (χ0v) is 16.1. The molecule has 0 bridgehead atoms. The fourth-order valence-corrected chi connectivity index (χ4v) is 3.68. The predicted molar refractivity (Wildman–Crippen MR) is 105 cm³/mol. The Labute approximate surface area is 160 Å². The van der Waals surface area contributed by atoms with E-state index in [1.807, 2.05) is 24.3 Å². The van der Waals surface area contributed by atoms with Crippen LogP contribution in [-0.2, 0) is 17.0 Å². The standard InChI is InChI=1S/C19H19ClN2O3S/c1-24-10-9-22-18(23)16-8-5-14(20)11-17(16)21-19(22)26-12-13-3-6-15(25-2)7-4-13/h3-8,11H,9-10,12H2,1-2H3. The van der Waals surface area contributed by atoms with Crippen LogP contribution in [0.25, 0.3) is 10.9 Å². The molecule has 0 radical (unpaired) electrons. The number of nitrogens with zero attached hydrogens (tertiary/aromatic N) is 2. The lowest BCUT2D eigenvalue weighted by Crippen LogP contribution is -2.25. The highest BCUT2D eigenvalue weighted by Crippen LogP contribution is 2.24. The van der Waals surface area contributed by atoms with Crippen molar-refractivity contribution >= 4 is 34.3 Å². The van der Waals surface area contributed by atoms with Crippen LogP contribution < -0.4 is 10.3 Å². The van der Waals surface area contributed by atoms with Gasteiger partial charge in [0, 0.05) is 17.9 Å². The maximum Gasteiger partial charge on any atom is 0.262 e. The van der Waals surface area contributed by atoms with Gasteiger partial charge in [0.05, 0.1) is 31.2 Å². The first kappa shape index (κ1) is 18.8. The van der Waals surface area contributed by atoms with Crippen molar-refractivity contribution < 1.29 is 9.47 Å². The molecular formula is C19H19ClN2O3S. The van der Waals surface area contributed by atoms with Crippen LogP contribution in [0, 0.1) is 0 Å². The van der Waals surface area contributed by atoms with Gasteiger partial charge in [0.15, 0.2) is 5.16 Å². The summed E-state index contributed by atoms with van der Waals surface area (Å²) in [6.45, 7) is 0.891. The lowest BCUT2D eigenvalue weighted by atomic mass is 10.2. The fourth-order valence-electron chi connectivity index (χ4n) is 2.53. The third-order valence-corrected chi connectivity index (χ3v) is 5.21. The van der Waals surface area contributed by atoms with Crippen molar-refractivity contribution in [3.8, 4) is 5.75 Å². The number of hydrogen-bond donors (Lipinski definition) is 0. The summed E-state index contributed by atoms with van der Waals surface area (Å²) in [5.74, 6) is 1.50. The Morgan fingerprint density at radius 3 is 2.62 bits per heavy atom. The van der Waals surface area contributed by atoms with Gasteiger partial charge in [-0.05, 0) is 35.9 Å². The molecule has 0 fully saturated rings. The van der Waals surface area contributed by atoms with Gasteiger partial charge in [-0.15, -0.1) is 0 Å². The molecule has 1 heterocycles. The largest absolute Gasteiger partial charge is 0.497 e. The van der Waals surface area contributed by atoms with E-state index in [0.717, 1.165) is 11.3 Å². The Balaban J connectivity index is 1.94. The van der Waals surface area contributed by atoms with Gasteiger partial charge in [-0.25, -0.2) is 4.98 Å². The summed E-state index contributed by atoms with van der Waals surface area (Å²) in [5, 5.41) is 1.77. The molecule has 2 aromatic carbocycles. The molecule has 136 valence electrons. The van der Waals surface area contributed by atoms with Gasteiger partial charge in [0.25, 0.3) is 5.56 Å². The normalized spacial score (nSPS) is 11.0. The smallest absolute Gasteiger partial charge is 0.262 e. The van der Waals surface area contributed by atoms with Crippen LogP contribution in [0.2, 0.25) is 5.02 Å². The Hall–Kier alpha value is -2.02. The van der Waals surface area contributed by atoms with Gasteiger partial charge < -0.3 is 9.47 Å². The molecule has 0 spiro atoms. The van der Waals surface area contributed by atoms with E-state index >= 15 is 0 Å². The van der Waals surface area contributed by atoms with Crippen molar-refractivity contribution in [2.24, 2.45) is 0 Å². The molecule has 0 N–H and O–H groups in total. The number of thioether (sulfide) groups is 1. The summed E-state index contributed by atoms with van der Waals surface area (Å²) in [4.78, 5) is 17.5. The first-order chi connectivity index (χ1) is 12.6. The average Bonchev–Trinajstić information content (AvgIpc) is 2.66. The fraction of sp³-hybridized carbons (Fsp3) is 0.263. The quantitative estimate of drug-likeness (QED) is 0.451. The van der Waals surface area contributed by atoms with Crippen molar-refractivity contribution in [1.82, 2.24) is 9.55 Å². The van der Waals surface area contributed by atoms with E-state index in [-0.39, 0.29) is 5.56 Å². The number of halogens is 1. The van der Waals surface area contributed by atoms with Crippen molar-refractivity contribution in [2.45, 2.75) is 17.5 Å². The van der Waals surface area contributed by atoms with Crippen LogP contribution in [0.1, 0.15) is 5.56 Å². The van der Waals surface area contributed by atoms with E-state index in [9.17, 15) is 4.79 Å². The number of hydrogen-bond acceptors (Lipinski definition) is 5. The summed E-state index contributed by atoms with van der Waals surface area (Å²) in [6, 6.07) is 13.0. The van der Waals surface area contributed by atoms with Gasteiger partial charge in [-0.1, -0.05) is 35.5 Å². The van der Waals surface area contributed by atoms with E-state index < -0.39 is 0 Å². The molecule has 5 nitrogen and oxygen atoms in total. The molecule has 0 aliphatic rings. The lowest BCUT2D eigenvalue weighted by molar-refractivity contribution is 0.183. The molecule has 0 unspecified atom stereocenters. The molecule has 0 saturated heterocycles. The number of ether oxygens (including phenoxy) is 2. The average molecular weight is 391 g/mol. The van der Waals surface area contributed by atoms with Gasteiger partial charge in [0.1, 0.15) is 5.75 Å². The number of rotatable bonds is 7. The SMILES string of the molecule is COCCn1c(SCc2ccc(OC)cc2)nc2cc(Cl)ccc2c1=O. The molecule has 1 aromatic heterocycles. The second-order valence-electron chi connectivity index (χ2n) is 5.64. The maximum absolute atomic E-state index is 12.9. The maximum atomic E-state index is 12.9. The zero-order valence-electron chi connectivity index (χ0n) is 14.6. The topological polar surface area (TPSA) is 53.4 Å². The van der Waals surface area contributed by atoms with Gasteiger partial charge in [0.2, 0.25) is 0 Å². The molecule has 3 rings (SSSR count). The lowest BCUT2D eigenvalue weighted by Gasteiger charge is -2.13. The number of methoxy groups -OCH3 is 2. The van der Waals surface area contributed by atoms with Crippen LogP contribution in [0.3, 0.4) is 0 Å². The molecule has 3 aromatic rings. The second kappa shape index (κ2) is 8.58. The van der Waals surface area contributed by atoms with E-state index in [0.29, 0.717) is 40.0 Å². The minimum absolute atomic E-state index is 0.0825. The van der Waals surface area contributed by atoms with Crippen LogP contribution >= 0.6 is 23.4 Å². The van der Waals surface area contributed by atoms with Gasteiger partial charge >= 0.3 is 0 Å². The first-order valence-corrected chi connectivity index (χ1v) is 9.43. The number of fused-ring (bicyclic) bond motifs is 1. The van der Waals surface area contributed by atoms with Crippen molar-refractivity contribution in [3.05, 3.63) is 63.4 Å². The van der Waals surface area contributed by atoms with E-state index in [1.54, 1.807) is 37.0 Å². The number of aromatic nitrogens is 2. The van der Waals surface area contributed by atoms with Gasteiger partial charge in [-0.3, -0.25) is 9.36 Å². The predicted octanol–water partition coefficient (Wildman–Crippen LogP) is 4.00. The monoisotopic (exact) mass is 390 g/mol. The van der Waals surface area contributed by atoms with Gasteiger partial charge in [-0.2, -0.15) is 0 Å². The Morgan fingerprint density at radius 1 is 1.15 bits per heavy atom. The molecule has 0 saturated carbocycles. The molecule has 0 aliphatic carbocycles. The van der Waals surface area contributed by atoms with Crippen LogP contribution in [-0.4, -0.2) is 30.4 Å². The molecule has 0 amide bonds. The van der Waals surface area contributed by atoms with Crippen molar-refractivity contribution in [3.63, 3.8) is 0 Å². The summed E-state index contributed by atoms with van der Waals surface area (Å²) in [5.41, 5.74) is 1.64. The van der Waals surface area contributed by atoms with Crippen LogP contribution in [0.5, 0.6) is 5.75 Å². The van der Waals surface area contributed by atoms with Crippen LogP contribution in [0.15, 0.2) is 52.4 Å². The second-order valence-corrected chi connectivity index (χ2v) is 7.02. The first-order valence-electron chi connectivity index (χ1n) is 8.07. The third kappa shape index (κ3) is 4.20. The Kier molecular flexibility index (Phi) is 6.19. The van der Waals surface area contributed by atoms with E-state index in [1.165, 1.54) is 11.8 Å². The minimum atomic E-state index is -0.0825. The highest BCUT2D eigenvalue weighted by Gasteiger charge is 2.12. The highest BCUT2D eigenvalue weighted by molar-refractivity contribution is 7.98. The zero-order chi connectivity index (χ0) is 18.5. The minimum Gasteiger partial charge on any atom is -0.497 e.